The predicted octanol–water partition coefficient (Wildman–Crippen LogP) is 3.32. The molecule has 1 aromatic heterocycles. The highest BCUT2D eigenvalue weighted by atomic mass is 35.5. The largest absolute Gasteiger partial charge is 0.492 e. The average Bonchev–Trinajstić information content (AvgIpc) is 2.99. The van der Waals surface area contributed by atoms with E-state index >= 15 is 0 Å². The Morgan fingerprint density at radius 2 is 2.12 bits per heavy atom. The number of fused-ring (bicyclic) bond motifs is 1. The number of esters is 2. The first-order valence-electron chi connectivity index (χ1n) is 7.73. The molecule has 0 fully saturated rings. The molecular formula is C18H17ClO6. The van der Waals surface area contributed by atoms with Crippen LogP contribution >= 0.6 is 11.6 Å². The van der Waals surface area contributed by atoms with E-state index in [1.165, 1.54) is 13.2 Å². The number of carbonyl (C=O) groups excluding carboxylic acids is 2. The maximum atomic E-state index is 12.3. The molecule has 1 aromatic carbocycles. The molecule has 0 N–H and O–H groups in total. The van der Waals surface area contributed by atoms with Crippen molar-refractivity contribution in [2.24, 2.45) is 5.92 Å². The van der Waals surface area contributed by atoms with Gasteiger partial charge in [0, 0.05) is 5.02 Å². The second kappa shape index (κ2) is 7.19. The van der Waals surface area contributed by atoms with Crippen LogP contribution in [-0.2, 0) is 27.3 Å². The van der Waals surface area contributed by atoms with Crippen molar-refractivity contribution in [3.8, 4) is 5.75 Å². The molecule has 6 nitrogen and oxygen atoms in total. The molecule has 2 aromatic rings. The van der Waals surface area contributed by atoms with Crippen molar-refractivity contribution >= 4 is 23.5 Å². The standard InChI is InChI=1S/C18H17ClO6/c1-10-15(18(21)22-2)7-14(25-10)9-24-17(20)12-5-11-6-13(19)3-4-16(11)23-8-12/h3-4,6-7,12H,5,8-9H2,1-2H3/t12-/m1/s1. The van der Waals surface area contributed by atoms with E-state index in [0.717, 1.165) is 11.3 Å². The lowest BCUT2D eigenvalue weighted by Gasteiger charge is -2.24. The number of hydrogen-bond donors (Lipinski definition) is 0. The Labute approximate surface area is 149 Å². The molecule has 7 heteroatoms. The number of rotatable bonds is 4. The Bertz CT molecular complexity index is 810. The van der Waals surface area contributed by atoms with Gasteiger partial charge in [-0.05, 0) is 43.2 Å². The van der Waals surface area contributed by atoms with Crippen LogP contribution in [0.4, 0.5) is 0 Å². The number of carbonyl (C=O) groups is 2. The maximum absolute atomic E-state index is 12.3. The summed E-state index contributed by atoms with van der Waals surface area (Å²) >= 11 is 5.98. The molecule has 0 spiro atoms. The summed E-state index contributed by atoms with van der Waals surface area (Å²) < 4.78 is 21.0. The van der Waals surface area contributed by atoms with Crippen LogP contribution in [0.2, 0.25) is 5.02 Å². The van der Waals surface area contributed by atoms with Crippen LogP contribution in [0, 0.1) is 12.8 Å². The first kappa shape index (κ1) is 17.4. The van der Waals surface area contributed by atoms with Crippen LogP contribution in [0.1, 0.15) is 27.4 Å². The van der Waals surface area contributed by atoms with Gasteiger partial charge < -0.3 is 18.6 Å². The zero-order valence-electron chi connectivity index (χ0n) is 13.8. The monoisotopic (exact) mass is 364 g/mol. The van der Waals surface area contributed by atoms with Crippen LogP contribution in [0.25, 0.3) is 0 Å². The number of aryl methyl sites for hydroxylation is 1. The zero-order chi connectivity index (χ0) is 18.0. The molecule has 2 heterocycles. The van der Waals surface area contributed by atoms with Crippen molar-refractivity contribution in [2.45, 2.75) is 20.0 Å². The van der Waals surface area contributed by atoms with Gasteiger partial charge in [0.25, 0.3) is 0 Å². The molecule has 0 amide bonds. The van der Waals surface area contributed by atoms with E-state index in [4.69, 9.17) is 25.5 Å². The van der Waals surface area contributed by atoms with E-state index in [-0.39, 0.29) is 19.2 Å². The second-order valence-electron chi connectivity index (χ2n) is 5.75. The number of hydrogen-bond acceptors (Lipinski definition) is 6. The van der Waals surface area contributed by atoms with Crippen LogP contribution in [0.3, 0.4) is 0 Å². The van der Waals surface area contributed by atoms with E-state index in [1.54, 1.807) is 25.1 Å². The highest BCUT2D eigenvalue weighted by Crippen LogP contribution is 2.30. The summed E-state index contributed by atoms with van der Waals surface area (Å²) in [7, 11) is 1.29. The Kier molecular flexibility index (Phi) is 4.99. The third-order valence-corrected chi connectivity index (χ3v) is 4.23. The highest BCUT2D eigenvalue weighted by Gasteiger charge is 2.28. The van der Waals surface area contributed by atoms with Gasteiger partial charge in [0.2, 0.25) is 0 Å². The van der Waals surface area contributed by atoms with Crippen molar-refractivity contribution < 1.29 is 28.2 Å². The van der Waals surface area contributed by atoms with Gasteiger partial charge in [-0.3, -0.25) is 4.79 Å². The number of ether oxygens (including phenoxy) is 3. The summed E-state index contributed by atoms with van der Waals surface area (Å²) in [6.07, 6.45) is 0.499. The third kappa shape index (κ3) is 3.79. The normalized spacial score (nSPS) is 15.9. The van der Waals surface area contributed by atoms with Crippen LogP contribution in [0.15, 0.2) is 28.7 Å². The molecular weight excluding hydrogens is 348 g/mol. The van der Waals surface area contributed by atoms with Gasteiger partial charge in [0.05, 0.1) is 13.0 Å². The molecule has 1 aliphatic rings. The van der Waals surface area contributed by atoms with Gasteiger partial charge >= 0.3 is 11.9 Å². The first-order chi connectivity index (χ1) is 12.0. The summed E-state index contributed by atoms with van der Waals surface area (Å²) in [6.45, 7) is 1.83. The lowest BCUT2D eigenvalue weighted by molar-refractivity contribution is -0.151. The van der Waals surface area contributed by atoms with Crippen LogP contribution in [-0.4, -0.2) is 25.7 Å². The van der Waals surface area contributed by atoms with Crippen molar-refractivity contribution in [3.63, 3.8) is 0 Å². The third-order valence-electron chi connectivity index (χ3n) is 3.99. The number of methoxy groups -OCH3 is 1. The van der Waals surface area contributed by atoms with E-state index < -0.39 is 11.9 Å². The minimum absolute atomic E-state index is 0.0599. The summed E-state index contributed by atoms with van der Waals surface area (Å²) in [6, 6.07) is 6.84. The lowest BCUT2D eigenvalue weighted by Crippen LogP contribution is -2.29. The zero-order valence-corrected chi connectivity index (χ0v) is 14.6. The fourth-order valence-corrected chi connectivity index (χ4v) is 2.90. The summed E-state index contributed by atoms with van der Waals surface area (Å²) in [4.78, 5) is 23.8. The van der Waals surface area contributed by atoms with Gasteiger partial charge in [-0.15, -0.1) is 0 Å². The molecule has 0 unspecified atom stereocenters. The van der Waals surface area contributed by atoms with E-state index in [1.807, 2.05) is 0 Å². The van der Waals surface area contributed by atoms with E-state index in [2.05, 4.69) is 4.74 Å². The predicted molar refractivity (Wildman–Crippen MR) is 88.7 cm³/mol. The van der Waals surface area contributed by atoms with E-state index in [0.29, 0.717) is 28.5 Å². The number of furan rings is 1. The Morgan fingerprint density at radius 3 is 2.88 bits per heavy atom. The summed E-state index contributed by atoms with van der Waals surface area (Å²) in [5.74, 6) is 0.237. The van der Waals surface area contributed by atoms with Crippen molar-refractivity contribution in [1.82, 2.24) is 0 Å². The van der Waals surface area contributed by atoms with E-state index in [9.17, 15) is 9.59 Å². The first-order valence-corrected chi connectivity index (χ1v) is 8.11. The Hall–Kier alpha value is -2.47. The quantitative estimate of drug-likeness (QED) is 0.775. The topological polar surface area (TPSA) is 75.0 Å². The molecule has 1 atom stereocenters. The minimum Gasteiger partial charge on any atom is -0.492 e. The smallest absolute Gasteiger partial charge is 0.341 e. The number of benzene rings is 1. The van der Waals surface area contributed by atoms with Gasteiger partial charge in [0.15, 0.2) is 0 Å². The van der Waals surface area contributed by atoms with Crippen molar-refractivity contribution in [1.29, 1.82) is 0 Å². The summed E-state index contributed by atoms with van der Waals surface area (Å²) in [5, 5.41) is 0.595. The second-order valence-corrected chi connectivity index (χ2v) is 6.18. The highest BCUT2D eigenvalue weighted by molar-refractivity contribution is 6.30. The van der Waals surface area contributed by atoms with Crippen LogP contribution < -0.4 is 4.74 Å². The summed E-state index contributed by atoms with van der Waals surface area (Å²) in [5.41, 5.74) is 1.20. The SMILES string of the molecule is COC(=O)c1cc(COC(=O)[C@H]2COc3ccc(Cl)cc3C2)oc1C. The lowest BCUT2D eigenvalue weighted by atomic mass is 9.97. The molecule has 132 valence electrons. The van der Waals surface area contributed by atoms with Gasteiger partial charge in [-0.1, -0.05) is 11.6 Å². The van der Waals surface area contributed by atoms with Crippen LogP contribution in [0.5, 0.6) is 5.75 Å². The molecule has 0 saturated carbocycles. The average molecular weight is 365 g/mol. The Morgan fingerprint density at radius 1 is 1.32 bits per heavy atom. The fourth-order valence-electron chi connectivity index (χ4n) is 2.70. The Balaban J connectivity index is 1.61. The fraction of sp³-hybridized carbons (Fsp3) is 0.333. The molecule has 0 bridgehead atoms. The van der Waals surface area contributed by atoms with Crippen molar-refractivity contribution in [2.75, 3.05) is 13.7 Å². The molecule has 25 heavy (non-hydrogen) atoms. The molecule has 0 aliphatic carbocycles. The molecule has 3 rings (SSSR count). The van der Waals surface area contributed by atoms with Gasteiger partial charge in [-0.2, -0.15) is 0 Å². The van der Waals surface area contributed by atoms with Gasteiger partial charge in [-0.25, -0.2) is 4.79 Å². The molecule has 0 saturated heterocycles. The van der Waals surface area contributed by atoms with Gasteiger partial charge in [0.1, 0.15) is 36.0 Å². The minimum atomic E-state index is -0.493. The van der Waals surface area contributed by atoms with Crippen molar-refractivity contribution in [3.05, 3.63) is 51.9 Å². The number of halogens is 1. The maximum Gasteiger partial charge on any atom is 0.341 e. The molecule has 0 radical (unpaired) electrons. The molecule has 1 aliphatic heterocycles.